The Balaban J connectivity index is 4.28. The van der Waals surface area contributed by atoms with Crippen LogP contribution >= 0.6 is 0 Å². The minimum atomic E-state index is -4.41. The van der Waals surface area contributed by atoms with E-state index in [0.717, 1.165) is 19.3 Å². The van der Waals surface area contributed by atoms with Gasteiger partial charge in [-0.25, -0.2) is 35.1 Å². The van der Waals surface area contributed by atoms with Gasteiger partial charge in [-0.05, 0) is 19.3 Å². The lowest BCUT2D eigenvalue weighted by Crippen LogP contribution is -2.37. The van der Waals surface area contributed by atoms with E-state index in [2.05, 4.69) is 13.8 Å². The molecule has 0 aliphatic heterocycles. The lowest BCUT2D eigenvalue weighted by Gasteiger charge is -2.28. The summed E-state index contributed by atoms with van der Waals surface area (Å²) in [5.41, 5.74) is 0. The zero-order chi connectivity index (χ0) is 20.6. The molecular formula is C18H30F8. The molecule has 0 aliphatic rings. The van der Waals surface area contributed by atoms with Crippen molar-refractivity contribution in [1.82, 2.24) is 0 Å². The molecule has 0 saturated carbocycles. The van der Waals surface area contributed by atoms with Gasteiger partial charge in [0.15, 0.2) is 0 Å². The van der Waals surface area contributed by atoms with Crippen molar-refractivity contribution in [3.05, 3.63) is 0 Å². The summed E-state index contributed by atoms with van der Waals surface area (Å²) in [7, 11) is 0. The minimum absolute atomic E-state index is 0.0220. The van der Waals surface area contributed by atoms with Gasteiger partial charge in [-0.1, -0.05) is 46.0 Å². The molecular weight excluding hydrogens is 368 g/mol. The van der Waals surface area contributed by atoms with Gasteiger partial charge in [-0.2, -0.15) is 0 Å². The molecule has 0 bridgehead atoms. The molecule has 8 heteroatoms. The van der Waals surface area contributed by atoms with Crippen LogP contribution in [0.3, 0.4) is 0 Å². The van der Waals surface area contributed by atoms with Gasteiger partial charge in [0.25, 0.3) is 23.7 Å². The largest absolute Gasteiger partial charge is 0.259 e. The first kappa shape index (κ1) is 25.4. The van der Waals surface area contributed by atoms with Crippen molar-refractivity contribution < 1.29 is 35.1 Å². The van der Waals surface area contributed by atoms with Gasteiger partial charge >= 0.3 is 0 Å². The van der Waals surface area contributed by atoms with Gasteiger partial charge in [0, 0.05) is 6.42 Å². The van der Waals surface area contributed by atoms with E-state index in [4.69, 9.17) is 0 Å². The van der Waals surface area contributed by atoms with Crippen LogP contribution in [0.15, 0.2) is 0 Å². The fraction of sp³-hybridized carbons (Fsp3) is 1.00. The van der Waals surface area contributed by atoms with Crippen molar-refractivity contribution in [2.24, 2.45) is 5.92 Å². The lowest BCUT2D eigenvalue weighted by atomic mass is 9.96. The highest BCUT2D eigenvalue weighted by molar-refractivity contribution is 4.85. The molecule has 158 valence electrons. The summed E-state index contributed by atoms with van der Waals surface area (Å²) in [6.07, 6.45) is -3.17. The van der Waals surface area contributed by atoms with E-state index in [1.807, 2.05) is 0 Å². The quantitative estimate of drug-likeness (QED) is 0.205. The van der Waals surface area contributed by atoms with E-state index in [9.17, 15) is 35.1 Å². The molecule has 0 fully saturated rings. The maximum atomic E-state index is 13.6. The summed E-state index contributed by atoms with van der Waals surface area (Å²) in [4.78, 5) is 0. The summed E-state index contributed by atoms with van der Waals surface area (Å²) in [5, 5.41) is 0. The lowest BCUT2D eigenvalue weighted by molar-refractivity contribution is -0.177. The predicted molar refractivity (Wildman–Crippen MR) is 86.5 cm³/mol. The summed E-state index contributed by atoms with van der Waals surface area (Å²) >= 11 is 0. The van der Waals surface area contributed by atoms with E-state index in [1.54, 1.807) is 0 Å². The molecule has 0 aromatic carbocycles. The first-order valence-corrected chi connectivity index (χ1v) is 9.05. The van der Waals surface area contributed by atoms with Crippen molar-refractivity contribution in [2.45, 2.75) is 109 Å². The molecule has 0 aliphatic carbocycles. The fourth-order valence-electron chi connectivity index (χ4n) is 2.89. The SMILES string of the molecule is CC(C)CCCCCCCC(F)(F)CC(F)(F)CC(F)(F)CC(C)(F)F. The van der Waals surface area contributed by atoms with Gasteiger partial charge in [0.2, 0.25) is 0 Å². The number of hydrogen-bond donors (Lipinski definition) is 0. The topological polar surface area (TPSA) is 0 Å². The normalized spacial score (nSPS) is 14.3. The van der Waals surface area contributed by atoms with Crippen LogP contribution in [0.2, 0.25) is 0 Å². The van der Waals surface area contributed by atoms with E-state index in [0.29, 0.717) is 18.8 Å². The average Bonchev–Trinajstić information content (AvgIpc) is 2.30. The summed E-state index contributed by atoms with van der Waals surface area (Å²) < 4.78 is 106. The van der Waals surface area contributed by atoms with Crippen LogP contribution in [0.5, 0.6) is 0 Å². The molecule has 0 atom stereocenters. The zero-order valence-corrected chi connectivity index (χ0v) is 15.7. The van der Waals surface area contributed by atoms with Crippen LogP contribution in [-0.2, 0) is 0 Å². The fourth-order valence-corrected chi connectivity index (χ4v) is 2.89. The maximum absolute atomic E-state index is 13.6. The van der Waals surface area contributed by atoms with E-state index in [1.165, 1.54) is 0 Å². The third kappa shape index (κ3) is 14.6. The Morgan fingerprint density at radius 1 is 0.577 bits per heavy atom. The molecule has 26 heavy (non-hydrogen) atoms. The van der Waals surface area contributed by atoms with Crippen molar-refractivity contribution in [3.63, 3.8) is 0 Å². The summed E-state index contributed by atoms with van der Waals surface area (Å²) in [5.74, 6) is -15.9. The van der Waals surface area contributed by atoms with Crippen LogP contribution in [0.25, 0.3) is 0 Å². The van der Waals surface area contributed by atoms with Crippen molar-refractivity contribution >= 4 is 0 Å². The Bertz CT molecular complexity index is 385. The van der Waals surface area contributed by atoms with Crippen LogP contribution in [0.1, 0.15) is 85.0 Å². The third-order valence-corrected chi connectivity index (χ3v) is 3.93. The molecule has 0 aromatic heterocycles. The predicted octanol–water partition coefficient (Wildman–Crippen LogP) is 8.10. The molecule has 0 amide bonds. The van der Waals surface area contributed by atoms with Gasteiger partial charge in [-0.3, -0.25) is 0 Å². The Kier molecular flexibility index (Phi) is 9.89. The summed E-state index contributed by atoms with van der Waals surface area (Å²) in [6, 6.07) is 0. The average molecular weight is 398 g/mol. The molecule has 0 aromatic rings. The van der Waals surface area contributed by atoms with Gasteiger partial charge < -0.3 is 0 Å². The van der Waals surface area contributed by atoms with Crippen molar-refractivity contribution in [2.75, 3.05) is 0 Å². The molecule has 0 nitrogen and oxygen atoms in total. The molecule has 0 radical (unpaired) electrons. The van der Waals surface area contributed by atoms with Gasteiger partial charge in [0.1, 0.15) is 0 Å². The van der Waals surface area contributed by atoms with E-state index >= 15 is 0 Å². The molecule has 0 unspecified atom stereocenters. The number of alkyl halides is 8. The van der Waals surface area contributed by atoms with E-state index < -0.39 is 49.4 Å². The van der Waals surface area contributed by atoms with Crippen molar-refractivity contribution in [3.8, 4) is 0 Å². The number of hydrogen-bond acceptors (Lipinski definition) is 0. The second kappa shape index (κ2) is 10.1. The standard InChI is InChI=1S/C18H30F8/c1-14(2)9-7-5-4-6-8-10-16(21,22)12-18(25,26)13-17(23,24)11-15(3,19)20/h14H,4-13H2,1-3H3. The molecule has 0 N–H and O–H groups in total. The molecule has 0 saturated heterocycles. The monoisotopic (exact) mass is 398 g/mol. The van der Waals surface area contributed by atoms with Gasteiger partial charge in [-0.15, -0.1) is 0 Å². The third-order valence-electron chi connectivity index (χ3n) is 3.93. The Morgan fingerprint density at radius 3 is 1.50 bits per heavy atom. The van der Waals surface area contributed by atoms with Crippen LogP contribution in [0.4, 0.5) is 35.1 Å². The second-order valence-corrected chi connectivity index (χ2v) is 7.87. The van der Waals surface area contributed by atoms with Gasteiger partial charge in [0.05, 0.1) is 19.3 Å². The Morgan fingerprint density at radius 2 is 1.00 bits per heavy atom. The molecule has 0 rings (SSSR count). The maximum Gasteiger partial charge on any atom is 0.259 e. The number of unbranched alkanes of at least 4 members (excludes halogenated alkanes) is 4. The smallest absolute Gasteiger partial charge is 0.207 e. The number of halogens is 8. The first-order valence-electron chi connectivity index (χ1n) is 9.05. The van der Waals surface area contributed by atoms with E-state index in [-0.39, 0.29) is 13.3 Å². The number of rotatable bonds is 14. The highest BCUT2D eigenvalue weighted by atomic mass is 19.3. The highest BCUT2D eigenvalue weighted by Gasteiger charge is 2.51. The first-order chi connectivity index (χ1) is 11.5. The van der Waals surface area contributed by atoms with Crippen LogP contribution in [-0.4, -0.2) is 23.7 Å². The summed E-state index contributed by atoms with van der Waals surface area (Å²) in [6.45, 7) is 4.33. The van der Waals surface area contributed by atoms with Crippen molar-refractivity contribution in [1.29, 1.82) is 0 Å². The Labute approximate surface area is 150 Å². The molecule has 0 spiro atoms. The minimum Gasteiger partial charge on any atom is -0.207 e. The zero-order valence-electron chi connectivity index (χ0n) is 15.7. The van der Waals surface area contributed by atoms with Crippen LogP contribution in [0, 0.1) is 5.92 Å². The highest BCUT2D eigenvalue weighted by Crippen LogP contribution is 2.43. The molecule has 0 heterocycles. The van der Waals surface area contributed by atoms with Crippen LogP contribution < -0.4 is 0 Å². The second-order valence-electron chi connectivity index (χ2n) is 7.87. The Hall–Kier alpha value is -0.560.